The monoisotopic (exact) mass is 334 g/mol. The third kappa shape index (κ3) is 5.70. The van der Waals surface area contributed by atoms with E-state index in [1.165, 1.54) is 5.56 Å². The zero-order chi connectivity index (χ0) is 15.8. The van der Waals surface area contributed by atoms with Crippen LogP contribution in [-0.4, -0.2) is 22.7 Å². The second kappa shape index (κ2) is 8.81. The summed E-state index contributed by atoms with van der Waals surface area (Å²) in [5, 5.41) is 3.77. The summed E-state index contributed by atoms with van der Waals surface area (Å²) >= 11 is 7.67. The second-order valence-corrected chi connectivity index (χ2v) is 6.51. The predicted molar refractivity (Wildman–Crippen MR) is 93.2 cm³/mol. The van der Waals surface area contributed by atoms with Gasteiger partial charge in [0.1, 0.15) is 0 Å². The van der Waals surface area contributed by atoms with Gasteiger partial charge in [0.25, 0.3) is 0 Å². The van der Waals surface area contributed by atoms with Crippen LogP contribution in [0, 0.1) is 0 Å². The molecule has 0 aliphatic carbocycles. The highest BCUT2D eigenvalue weighted by Gasteiger charge is 2.09. The molecule has 116 valence electrons. The van der Waals surface area contributed by atoms with Gasteiger partial charge in [-0.2, -0.15) is 0 Å². The lowest BCUT2D eigenvalue weighted by Gasteiger charge is -2.13. The standard InChI is InChI=1S/C17H19ClN2OS/c1-13(10-14-6-8-19-9-7-14)20-17(21)12-22-11-15-4-2-3-5-16(15)18/h2-9,13H,10-12H2,1H3,(H,20,21)/t13-/m0/s1. The van der Waals surface area contributed by atoms with Gasteiger partial charge in [0.05, 0.1) is 5.75 Å². The number of hydrogen-bond acceptors (Lipinski definition) is 3. The van der Waals surface area contributed by atoms with Crippen molar-refractivity contribution in [2.45, 2.75) is 25.1 Å². The minimum Gasteiger partial charge on any atom is -0.353 e. The highest BCUT2D eigenvalue weighted by atomic mass is 35.5. The van der Waals surface area contributed by atoms with Crippen molar-refractivity contribution in [3.05, 3.63) is 64.9 Å². The molecule has 1 amide bonds. The number of hydrogen-bond donors (Lipinski definition) is 1. The van der Waals surface area contributed by atoms with E-state index in [2.05, 4.69) is 10.3 Å². The van der Waals surface area contributed by atoms with Gasteiger partial charge in [-0.1, -0.05) is 29.8 Å². The number of carbonyl (C=O) groups is 1. The molecule has 0 saturated carbocycles. The number of pyridine rings is 1. The van der Waals surface area contributed by atoms with Crippen molar-refractivity contribution in [1.82, 2.24) is 10.3 Å². The highest BCUT2D eigenvalue weighted by Crippen LogP contribution is 2.20. The molecule has 0 aliphatic rings. The Morgan fingerprint density at radius 2 is 2.00 bits per heavy atom. The average molecular weight is 335 g/mol. The van der Waals surface area contributed by atoms with Crippen molar-refractivity contribution in [3.63, 3.8) is 0 Å². The number of rotatable bonds is 7. The van der Waals surface area contributed by atoms with Crippen LogP contribution in [0.3, 0.4) is 0 Å². The van der Waals surface area contributed by atoms with Crippen LogP contribution in [0.2, 0.25) is 5.02 Å². The van der Waals surface area contributed by atoms with Crippen molar-refractivity contribution in [2.24, 2.45) is 0 Å². The van der Waals surface area contributed by atoms with Crippen LogP contribution in [0.4, 0.5) is 0 Å². The van der Waals surface area contributed by atoms with Gasteiger partial charge >= 0.3 is 0 Å². The summed E-state index contributed by atoms with van der Waals surface area (Å²) in [7, 11) is 0. The van der Waals surface area contributed by atoms with E-state index in [-0.39, 0.29) is 11.9 Å². The molecule has 0 unspecified atom stereocenters. The van der Waals surface area contributed by atoms with E-state index in [1.807, 2.05) is 43.3 Å². The molecule has 0 spiro atoms. The molecule has 22 heavy (non-hydrogen) atoms. The Kier molecular flexibility index (Phi) is 6.74. The van der Waals surface area contributed by atoms with Gasteiger partial charge in [0, 0.05) is 29.2 Å². The zero-order valence-electron chi connectivity index (χ0n) is 12.5. The van der Waals surface area contributed by atoms with Gasteiger partial charge in [0.15, 0.2) is 0 Å². The van der Waals surface area contributed by atoms with Crippen LogP contribution in [0.1, 0.15) is 18.1 Å². The van der Waals surface area contributed by atoms with Crippen LogP contribution in [0.15, 0.2) is 48.8 Å². The molecular formula is C17H19ClN2OS. The van der Waals surface area contributed by atoms with Gasteiger partial charge in [-0.05, 0) is 42.7 Å². The Bertz CT molecular complexity index is 607. The van der Waals surface area contributed by atoms with Crippen LogP contribution < -0.4 is 5.32 Å². The summed E-state index contributed by atoms with van der Waals surface area (Å²) < 4.78 is 0. The number of carbonyl (C=O) groups excluding carboxylic acids is 1. The number of nitrogens with one attached hydrogen (secondary N) is 1. The third-order valence-electron chi connectivity index (χ3n) is 3.15. The molecule has 0 aliphatic heterocycles. The van der Waals surface area contributed by atoms with Crippen molar-refractivity contribution < 1.29 is 4.79 Å². The molecule has 2 aromatic rings. The van der Waals surface area contributed by atoms with Gasteiger partial charge in [-0.15, -0.1) is 11.8 Å². The van der Waals surface area contributed by atoms with E-state index in [0.717, 1.165) is 22.8 Å². The quantitative estimate of drug-likeness (QED) is 0.839. The Morgan fingerprint density at radius 1 is 1.27 bits per heavy atom. The summed E-state index contributed by atoms with van der Waals surface area (Å²) in [4.78, 5) is 15.9. The van der Waals surface area contributed by atoms with Crippen LogP contribution in [0.25, 0.3) is 0 Å². The van der Waals surface area contributed by atoms with Crippen molar-refractivity contribution >= 4 is 29.3 Å². The fourth-order valence-electron chi connectivity index (χ4n) is 2.11. The minimum atomic E-state index is 0.0543. The highest BCUT2D eigenvalue weighted by molar-refractivity contribution is 7.99. The lowest BCUT2D eigenvalue weighted by Crippen LogP contribution is -2.35. The van der Waals surface area contributed by atoms with Crippen molar-refractivity contribution in [3.8, 4) is 0 Å². The first-order valence-electron chi connectivity index (χ1n) is 7.14. The Labute approximate surface area is 140 Å². The zero-order valence-corrected chi connectivity index (χ0v) is 14.0. The molecule has 5 heteroatoms. The van der Waals surface area contributed by atoms with Gasteiger partial charge in [0.2, 0.25) is 5.91 Å². The SMILES string of the molecule is C[C@@H](Cc1ccncc1)NC(=O)CSCc1ccccc1Cl. The van der Waals surface area contributed by atoms with E-state index >= 15 is 0 Å². The van der Waals surface area contributed by atoms with Crippen LogP contribution in [0.5, 0.6) is 0 Å². The molecule has 0 fully saturated rings. The Morgan fingerprint density at radius 3 is 2.73 bits per heavy atom. The number of benzene rings is 1. The molecule has 3 nitrogen and oxygen atoms in total. The fraction of sp³-hybridized carbons (Fsp3) is 0.294. The average Bonchev–Trinajstić information content (AvgIpc) is 2.50. The maximum atomic E-state index is 11.9. The lowest BCUT2D eigenvalue weighted by atomic mass is 10.1. The molecule has 0 saturated heterocycles. The molecule has 2 rings (SSSR count). The first-order valence-corrected chi connectivity index (χ1v) is 8.68. The van der Waals surface area contributed by atoms with Gasteiger partial charge < -0.3 is 5.32 Å². The topological polar surface area (TPSA) is 42.0 Å². The molecule has 1 aromatic heterocycles. The maximum Gasteiger partial charge on any atom is 0.230 e. The van der Waals surface area contributed by atoms with Gasteiger partial charge in [-0.25, -0.2) is 0 Å². The number of nitrogens with zero attached hydrogens (tertiary/aromatic N) is 1. The van der Waals surface area contributed by atoms with Crippen molar-refractivity contribution in [2.75, 3.05) is 5.75 Å². The Balaban J connectivity index is 1.70. The van der Waals surface area contributed by atoms with Gasteiger partial charge in [-0.3, -0.25) is 9.78 Å². The molecule has 1 aromatic carbocycles. The van der Waals surface area contributed by atoms with E-state index in [0.29, 0.717) is 5.75 Å². The summed E-state index contributed by atoms with van der Waals surface area (Å²) in [5.41, 5.74) is 2.23. The second-order valence-electron chi connectivity index (χ2n) is 5.11. The molecule has 0 bridgehead atoms. The summed E-state index contributed by atoms with van der Waals surface area (Å²) in [6, 6.07) is 11.8. The van der Waals surface area contributed by atoms with E-state index in [9.17, 15) is 4.79 Å². The first-order chi connectivity index (χ1) is 10.6. The summed E-state index contributed by atoms with van der Waals surface area (Å²) in [5.74, 6) is 1.23. The molecular weight excluding hydrogens is 316 g/mol. The minimum absolute atomic E-state index is 0.0543. The van der Waals surface area contributed by atoms with E-state index in [4.69, 9.17) is 11.6 Å². The number of halogens is 1. The Hall–Kier alpha value is -1.52. The molecule has 1 atom stereocenters. The third-order valence-corrected chi connectivity index (χ3v) is 4.50. The molecule has 1 N–H and O–H groups in total. The molecule has 0 radical (unpaired) electrons. The number of thioether (sulfide) groups is 1. The normalized spacial score (nSPS) is 11.9. The summed E-state index contributed by atoms with van der Waals surface area (Å²) in [6.45, 7) is 2.01. The van der Waals surface area contributed by atoms with Crippen molar-refractivity contribution in [1.29, 1.82) is 0 Å². The molecule has 1 heterocycles. The fourth-order valence-corrected chi connectivity index (χ4v) is 3.23. The smallest absolute Gasteiger partial charge is 0.230 e. The largest absolute Gasteiger partial charge is 0.353 e. The number of aromatic nitrogens is 1. The van der Waals surface area contributed by atoms with E-state index in [1.54, 1.807) is 24.2 Å². The predicted octanol–water partition coefficient (Wildman–Crippen LogP) is 3.72. The lowest BCUT2D eigenvalue weighted by molar-refractivity contribution is -0.119. The summed E-state index contributed by atoms with van der Waals surface area (Å²) in [6.07, 6.45) is 4.34. The number of amides is 1. The van der Waals surface area contributed by atoms with E-state index < -0.39 is 0 Å². The first kappa shape index (κ1) is 16.8. The maximum absolute atomic E-state index is 11.9. The van der Waals surface area contributed by atoms with Crippen LogP contribution in [-0.2, 0) is 17.0 Å². The van der Waals surface area contributed by atoms with Crippen LogP contribution >= 0.6 is 23.4 Å².